The summed E-state index contributed by atoms with van der Waals surface area (Å²) in [6.07, 6.45) is 0. The average molecular weight is 379 g/mol. The van der Waals surface area contributed by atoms with Crippen molar-refractivity contribution in [3.05, 3.63) is 77.8 Å². The Balaban J connectivity index is 1.66. The van der Waals surface area contributed by atoms with Gasteiger partial charge in [-0.1, -0.05) is 48.0 Å². The molecule has 0 spiro atoms. The number of methoxy groups -OCH3 is 1. The van der Waals surface area contributed by atoms with Crippen LogP contribution in [0.2, 0.25) is 5.02 Å². The van der Waals surface area contributed by atoms with E-state index in [1.165, 1.54) is 0 Å². The summed E-state index contributed by atoms with van der Waals surface area (Å²) in [6.45, 7) is 1.12. The average Bonchev–Trinajstić information content (AvgIpc) is 3.07. The first-order chi connectivity index (χ1) is 13.3. The summed E-state index contributed by atoms with van der Waals surface area (Å²) in [4.78, 5) is 4.80. The van der Waals surface area contributed by atoms with Crippen LogP contribution in [0.15, 0.2) is 72.8 Å². The molecule has 0 amide bonds. The highest BCUT2D eigenvalue weighted by Gasteiger charge is 2.15. The molecule has 0 atom stereocenters. The van der Waals surface area contributed by atoms with E-state index >= 15 is 0 Å². The highest BCUT2D eigenvalue weighted by atomic mass is 35.5. The lowest BCUT2D eigenvalue weighted by Gasteiger charge is -2.13. The molecule has 4 rings (SSSR count). The third-order valence-electron chi connectivity index (χ3n) is 4.41. The predicted molar refractivity (Wildman–Crippen MR) is 109 cm³/mol. The molecule has 136 valence electrons. The van der Waals surface area contributed by atoms with Crippen molar-refractivity contribution in [1.82, 2.24) is 9.55 Å². The van der Waals surface area contributed by atoms with Crippen molar-refractivity contribution in [1.29, 1.82) is 0 Å². The van der Waals surface area contributed by atoms with Gasteiger partial charge in [0.15, 0.2) is 11.5 Å². The fourth-order valence-corrected chi connectivity index (χ4v) is 3.36. The van der Waals surface area contributed by atoms with E-state index in [1.54, 1.807) is 7.11 Å². The van der Waals surface area contributed by atoms with Crippen LogP contribution in [-0.2, 0) is 6.54 Å². The van der Waals surface area contributed by atoms with Gasteiger partial charge < -0.3 is 14.0 Å². The van der Waals surface area contributed by atoms with Gasteiger partial charge in [-0.3, -0.25) is 0 Å². The van der Waals surface area contributed by atoms with Crippen molar-refractivity contribution in [3.63, 3.8) is 0 Å². The number of imidazole rings is 1. The Morgan fingerprint density at radius 2 is 1.59 bits per heavy atom. The minimum atomic E-state index is 0.484. The molecule has 4 aromatic rings. The summed E-state index contributed by atoms with van der Waals surface area (Å²) < 4.78 is 13.5. The van der Waals surface area contributed by atoms with Gasteiger partial charge in [-0.25, -0.2) is 4.98 Å². The normalized spacial score (nSPS) is 10.9. The van der Waals surface area contributed by atoms with Crippen molar-refractivity contribution in [2.45, 2.75) is 6.54 Å². The Kier molecular flexibility index (Phi) is 4.99. The van der Waals surface area contributed by atoms with Gasteiger partial charge in [-0.2, -0.15) is 0 Å². The molecule has 0 aliphatic heterocycles. The quantitative estimate of drug-likeness (QED) is 0.448. The van der Waals surface area contributed by atoms with Gasteiger partial charge in [0.1, 0.15) is 12.4 Å². The maximum Gasteiger partial charge on any atom is 0.161 e. The number of hydrogen-bond donors (Lipinski definition) is 0. The molecule has 0 bridgehead atoms. The second kappa shape index (κ2) is 7.72. The molecule has 5 heteroatoms. The molecule has 0 saturated heterocycles. The second-order valence-electron chi connectivity index (χ2n) is 6.05. The summed E-state index contributed by atoms with van der Waals surface area (Å²) >= 11 is 6.43. The maximum absolute atomic E-state index is 6.43. The van der Waals surface area contributed by atoms with E-state index in [1.807, 2.05) is 66.7 Å². The topological polar surface area (TPSA) is 36.3 Å². The summed E-state index contributed by atoms with van der Waals surface area (Å²) in [5, 5.41) is 0.680. The number of benzene rings is 3. The smallest absolute Gasteiger partial charge is 0.161 e. The van der Waals surface area contributed by atoms with Gasteiger partial charge in [0.05, 0.1) is 29.7 Å². The van der Waals surface area contributed by atoms with Gasteiger partial charge in [0.25, 0.3) is 0 Å². The molecule has 0 unspecified atom stereocenters. The number of hydrogen-bond acceptors (Lipinski definition) is 3. The second-order valence-corrected chi connectivity index (χ2v) is 6.46. The Hall–Kier alpha value is -2.98. The molecule has 1 aromatic heterocycles. The Bertz CT molecular complexity index is 1070. The third kappa shape index (κ3) is 3.49. The first kappa shape index (κ1) is 17.4. The van der Waals surface area contributed by atoms with Crippen molar-refractivity contribution < 1.29 is 9.47 Å². The minimum Gasteiger partial charge on any atom is -0.493 e. The molecule has 0 fully saturated rings. The molecule has 0 aliphatic carbocycles. The number of fused-ring (bicyclic) bond motifs is 1. The summed E-state index contributed by atoms with van der Waals surface area (Å²) in [6, 6.07) is 23.5. The fourth-order valence-electron chi connectivity index (χ4n) is 3.13. The van der Waals surface area contributed by atoms with Crippen molar-refractivity contribution >= 4 is 22.6 Å². The molecule has 1 heterocycles. The Labute approximate surface area is 162 Å². The Morgan fingerprint density at radius 1 is 0.889 bits per heavy atom. The highest BCUT2D eigenvalue weighted by Crippen LogP contribution is 2.30. The van der Waals surface area contributed by atoms with Crippen LogP contribution in [0.25, 0.3) is 22.4 Å². The molecule has 4 nitrogen and oxygen atoms in total. The van der Waals surface area contributed by atoms with Gasteiger partial charge >= 0.3 is 0 Å². The van der Waals surface area contributed by atoms with E-state index in [9.17, 15) is 0 Å². The van der Waals surface area contributed by atoms with Crippen LogP contribution in [0.1, 0.15) is 0 Å². The number of rotatable bonds is 6. The first-order valence-electron chi connectivity index (χ1n) is 8.74. The van der Waals surface area contributed by atoms with Crippen molar-refractivity contribution in [3.8, 4) is 22.9 Å². The summed E-state index contributed by atoms with van der Waals surface area (Å²) in [7, 11) is 1.64. The molecule has 0 radical (unpaired) electrons. The lowest BCUT2D eigenvalue weighted by atomic mass is 10.2. The summed E-state index contributed by atoms with van der Waals surface area (Å²) in [5.41, 5.74) is 2.90. The molecule has 0 N–H and O–H groups in total. The van der Waals surface area contributed by atoms with Crippen molar-refractivity contribution in [2.24, 2.45) is 0 Å². The van der Waals surface area contributed by atoms with Crippen LogP contribution in [0.5, 0.6) is 11.5 Å². The SMILES string of the molecule is COc1ccccc1OCCn1c(-c2ccccc2Cl)nc2ccccc21. The van der Waals surface area contributed by atoms with Gasteiger partial charge in [-0.05, 0) is 36.4 Å². The highest BCUT2D eigenvalue weighted by molar-refractivity contribution is 6.33. The van der Waals surface area contributed by atoms with E-state index in [0.717, 1.165) is 33.9 Å². The lowest BCUT2D eigenvalue weighted by molar-refractivity contribution is 0.281. The molecular formula is C22H19ClN2O2. The molecule has 27 heavy (non-hydrogen) atoms. The van der Waals surface area contributed by atoms with E-state index in [-0.39, 0.29) is 0 Å². The summed E-state index contributed by atoms with van der Waals surface area (Å²) in [5.74, 6) is 2.29. The first-order valence-corrected chi connectivity index (χ1v) is 9.11. The maximum atomic E-state index is 6.43. The Morgan fingerprint density at radius 3 is 2.41 bits per heavy atom. The van der Waals surface area contributed by atoms with E-state index in [4.69, 9.17) is 26.1 Å². The van der Waals surface area contributed by atoms with Crippen LogP contribution in [-0.4, -0.2) is 23.3 Å². The number of aromatic nitrogens is 2. The van der Waals surface area contributed by atoms with Gasteiger partial charge in [0, 0.05) is 5.56 Å². The van der Waals surface area contributed by atoms with Crippen LogP contribution in [0.3, 0.4) is 0 Å². The molecular weight excluding hydrogens is 360 g/mol. The zero-order valence-electron chi connectivity index (χ0n) is 14.9. The molecule has 0 aliphatic rings. The zero-order chi connectivity index (χ0) is 18.6. The van der Waals surface area contributed by atoms with E-state index in [2.05, 4.69) is 10.6 Å². The van der Waals surface area contributed by atoms with Crippen LogP contribution < -0.4 is 9.47 Å². The predicted octanol–water partition coefficient (Wildman–Crippen LogP) is 5.44. The number of ether oxygens (including phenoxy) is 2. The van der Waals surface area contributed by atoms with Gasteiger partial charge in [0.2, 0.25) is 0 Å². The number of halogens is 1. The van der Waals surface area contributed by atoms with Crippen molar-refractivity contribution in [2.75, 3.05) is 13.7 Å². The number of nitrogens with zero attached hydrogens (tertiary/aromatic N) is 2. The van der Waals surface area contributed by atoms with Crippen LogP contribution in [0.4, 0.5) is 0 Å². The van der Waals surface area contributed by atoms with Crippen LogP contribution in [0, 0.1) is 0 Å². The largest absolute Gasteiger partial charge is 0.493 e. The zero-order valence-corrected chi connectivity index (χ0v) is 15.7. The monoisotopic (exact) mass is 378 g/mol. The van der Waals surface area contributed by atoms with Crippen LogP contribution >= 0.6 is 11.6 Å². The molecule has 0 saturated carbocycles. The number of para-hydroxylation sites is 4. The fraction of sp³-hybridized carbons (Fsp3) is 0.136. The third-order valence-corrected chi connectivity index (χ3v) is 4.74. The lowest BCUT2D eigenvalue weighted by Crippen LogP contribution is -2.10. The van der Waals surface area contributed by atoms with Gasteiger partial charge in [-0.15, -0.1) is 0 Å². The standard InChI is InChI=1S/C22H19ClN2O2/c1-26-20-12-6-7-13-21(20)27-15-14-25-19-11-5-4-10-18(19)24-22(25)16-8-2-3-9-17(16)23/h2-13H,14-15H2,1H3. The van der Waals surface area contributed by atoms with E-state index < -0.39 is 0 Å². The van der Waals surface area contributed by atoms with E-state index in [0.29, 0.717) is 18.2 Å². The minimum absolute atomic E-state index is 0.484. The molecule has 3 aromatic carbocycles.